The van der Waals surface area contributed by atoms with Gasteiger partial charge in [0.1, 0.15) is 0 Å². The topological polar surface area (TPSA) is 88.3 Å². The molecule has 0 unspecified atom stereocenters. The molecule has 4 rings (SSSR count). The van der Waals surface area contributed by atoms with E-state index in [1.165, 1.54) is 0 Å². The Morgan fingerprint density at radius 1 is 1.12 bits per heavy atom. The van der Waals surface area contributed by atoms with Crippen molar-refractivity contribution in [2.45, 2.75) is 19.4 Å². The van der Waals surface area contributed by atoms with Gasteiger partial charge in [-0.05, 0) is 17.2 Å². The van der Waals surface area contributed by atoms with Gasteiger partial charge in [0.2, 0.25) is 0 Å². The lowest BCUT2D eigenvalue weighted by Crippen LogP contribution is -2.34. The molecule has 1 aromatic heterocycles. The van der Waals surface area contributed by atoms with Gasteiger partial charge in [0, 0.05) is 24.0 Å². The van der Waals surface area contributed by atoms with Gasteiger partial charge in [-0.15, -0.1) is 0 Å². The molecule has 26 heavy (non-hydrogen) atoms. The minimum absolute atomic E-state index is 0.224. The van der Waals surface area contributed by atoms with Crippen LogP contribution >= 0.6 is 0 Å². The average molecular weight is 352 g/mol. The molecular weight excluding hydrogens is 332 g/mol. The lowest BCUT2D eigenvalue weighted by Gasteiger charge is -2.15. The van der Waals surface area contributed by atoms with Crippen LogP contribution in [0.2, 0.25) is 0 Å². The maximum absolute atomic E-state index is 12.1. The number of hydrogen-bond acceptors (Lipinski definition) is 4. The molecule has 0 bridgehead atoms. The highest BCUT2D eigenvalue weighted by Gasteiger charge is 2.20. The Bertz CT molecular complexity index is 902. The highest BCUT2D eigenvalue weighted by Crippen LogP contribution is 2.26. The summed E-state index contributed by atoms with van der Waals surface area (Å²) in [5, 5.41) is 13.7. The normalized spacial score (nSPS) is 14.6. The molecule has 2 aromatic carbocycles. The molecule has 2 heterocycles. The van der Waals surface area contributed by atoms with Crippen molar-refractivity contribution in [2.75, 3.05) is 13.2 Å². The molecule has 1 fully saturated rings. The van der Waals surface area contributed by atoms with Crippen molar-refractivity contribution in [1.82, 2.24) is 20.8 Å². The number of urea groups is 1. The lowest BCUT2D eigenvalue weighted by molar-refractivity contribution is -0.0447. The second-order valence-corrected chi connectivity index (χ2v) is 6.10. The molecule has 0 saturated carbocycles. The van der Waals surface area contributed by atoms with Gasteiger partial charge >= 0.3 is 6.03 Å². The maximum Gasteiger partial charge on any atom is 0.315 e. The van der Waals surface area contributed by atoms with Crippen LogP contribution in [0.5, 0.6) is 0 Å². The van der Waals surface area contributed by atoms with Gasteiger partial charge in [-0.1, -0.05) is 36.4 Å². The predicted molar refractivity (Wildman–Crippen MR) is 96.3 cm³/mol. The Labute approximate surface area is 150 Å². The first-order chi connectivity index (χ1) is 12.8. The summed E-state index contributed by atoms with van der Waals surface area (Å²) in [6, 6.07) is 13.5. The minimum Gasteiger partial charge on any atom is -0.346 e. The first-order valence-electron chi connectivity index (χ1n) is 8.54. The predicted octanol–water partition coefficient (Wildman–Crippen LogP) is 2.61. The third kappa shape index (κ3) is 3.68. The van der Waals surface area contributed by atoms with Crippen LogP contribution in [-0.4, -0.2) is 29.4 Å². The zero-order chi connectivity index (χ0) is 17.8. The van der Waals surface area contributed by atoms with Crippen LogP contribution in [0.25, 0.3) is 10.9 Å². The number of rotatable bonds is 5. The molecular formula is C19H20N4O3. The number of aromatic nitrogens is 2. The smallest absolute Gasteiger partial charge is 0.315 e. The second-order valence-electron chi connectivity index (χ2n) is 6.10. The Hall–Kier alpha value is -2.90. The van der Waals surface area contributed by atoms with Crippen molar-refractivity contribution in [3.05, 3.63) is 65.4 Å². The molecule has 0 aliphatic carbocycles. The van der Waals surface area contributed by atoms with E-state index in [2.05, 4.69) is 20.8 Å². The zero-order valence-corrected chi connectivity index (χ0v) is 14.2. The molecule has 0 atom stereocenters. The zero-order valence-electron chi connectivity index (χ0n) is 14.2. The summed E-state index contributed by atoms with van der Waals surface area (Å²) in [6.07, 6.45) is 1.42. The van der Waals surface area contributed by atoms with E-state index in [1.807, 2.05) is 42.5 Å². The number of hydrogen-bond donors (Lipinski definition) is 3. The molecule has 3 N–H and O–H groups in total. The summed E-state index contributed by atoms with van der Waals surface area (Å²) in [4.78, 5) is 12.1. The number of carbonyl (C=O) groups is 1. The summed E-state index contributed by atoms with van der Waals surface area (Å²) in [5.74, 6) is 0. The monoisotopic (exact) mass is 352 g/mol. The van der Waals surface area contributed by atoms with E-state index in [0.717, 1.165) is 27.6 Å². The van der Waals surface area contributed by atoms with Gasteiger partial charge in [0.15, 0.2) is 6.29 Å². The first-order valence-corrected chi connectivity index (χ1v) is 8.54. The van der Waals surface area contributed by atoms with Crippen LogP contribution in [0, 0.1) is 0 Å². The number of aromatic amines is 1. The molecule has 0 radical (unpaired) electrons. The highest BCUT2D eigenvalue weighted by atomic mass is 16.7. The van der Waals surface area contributed by atoms with Crippen molar-refractivity contribution in [3.63, 3.8) is 0 Å². The van der Waals surface area contributed by atoms with Crippen LogP contribution in [0.3, 0.4) is 0 Å². The SMILES string of the molecule is O=C(NCc1ccc2cn[nH]c2c1)NCc1ccccc1C1OCCO1. The van der Waals surface area contributed by atoms with Crippen molar-refractivity contribution in [1.29, 1.82) is 0 Å². The third-order valence-corrected chi connectivity index (χ3v) is 4.33. The van der Waals surface area contributed by atoms with Crippen molar-refractivity contribution < 1.29 is 14.3 Å². The van der Waals surface area contributed by atoms with Crippen LogP contribution < -0.4 is 10.6 Å². The van der Waals surface area contributed by atoms with Crippen molar-refractivity contribution in [3.8, 4) is 0 Å². The summed E-state index contributed by atoms with van der Waals surface area (Å²) in [5.41, 5.74) is 3.89. The third-order valence-electron chi connectivity index (χ3n) is 4.33. The van der Waals surface area contributed by atoms with Gasteiger partial charge < -0.3 is 20.1 Å². The van der Waals surface area contributed by atoms with Crippen LogP contribution in [0.4, 0.5) is 4.79 Å². The maximum atomic E-state index is 12.1. The van der Waals surface area contributed by atoms with Gasteiger partial charge in [-0.2, -0.15) is 5.10 Å². The molecule has 3 aromatic rings. The number of benzene rings is 2. The van der Waals surface area contributed by atoms with Gasteiger partial charge in [-0.25, -0.2) is 4.79 Å². The summed E-state index contributed by atoms with van der Waals surface area (Å²) in [7, 11) is 0. The molecule has 2 amide bonds. The number of fused-ring (bicyclic) bond motifs is 1. The van der Waals surface area contributed by atoms with Gasteiger partial charge in [-0.3, -0.25) is 5.10 Å². The Balaban J connectivity index is 1.32. The van der Waals surface area contributed by atoms with E-state index in [-0.39, 0.29) is 12.3 Å². The van der Waals surface area contributed by atoms with Crippen molar-refractivity contribution in [2.24, 2.45) is 0 Å². The fraction of sp³-hybridized carbons (Fsp3) is 0.263. The van der Waals surface area contributed by atoms with Crippen LogP contribution in [0.15, 0.2) is 48.7 Å². The first kappa shape index (κ1) is 16.6. The fourth-order valence-electron chi connectivity index (χ4n) is 2.98. The Kier molecular flexibility index (Phi) is 4.81. The highest BCUT2D eigenvalue weighted by molar-refractivity contribution is 5.79. The quantitative estimate of drug-likeness (QED) is 0.659. The number of H-pyrrole nitrogens is 1. The molecule has 134 valence electrons. The molecule has 7 heteroatoms. The van der Waals surface area contributed by atoms with Crippen LogP contribution in [0.1, 0.15) is 23.0 Å². The van der Waals surface area contributed by atoms with E-state index < -0.39 is 0 Å². The summed E-state index contributed by atoms with van der Waals surface area (Å²) in [6.45, 7) is 2.03. The number of nitrogens with zero attached hydrogens (tertiary/aromatic N) is 1. The Morgan fingerprint density at radius 3 is 2.81 bits per heavy atom. The molecule has 1 aliphatic rings. The fourth-order valence-corrected chi connectivity index (χ4v) is 2.98. The summed E-state index contributed by atoms with van der Waals surface area (Å²) >= 11 is 0. The summed E-state index contributed by atoms with van der Waals surface area (Å²) < 4.78 is 11.1. The minimum atomic E-state index is -0.350. The molecule has 1 saturated heterocycles. The van der Waals surface area contributed by atoms with Crippen LogP contribution in [-0.2, 0) is 22.6 Å². The average Bonchev–Trinajstić information content (AvgIpc) is 3.36. The lowest BCUT2D eigenvalue weighted by atomic mass is 10.1. The van der Waals surface area contributed by atoms with E-state index in [1.54, 1.807) is 6.20 Å². The molecule has 1 aliphatic heterocycles. The second kappa shape index (κ2) is 7.55. The van der Waals surface area contributed by atoms with E-state index in [4.69, 9.17) is 9.47 Å². The van der Waals surface area contributed by atoms with Gasteiger partial charge in [0.25, 0.3) is 0 Å². The number of nitrogens with one attached hydrogen (secondary N) is 3. The van der Waals surface area contributed by atoms with E-state index in [0.29, 0.717) is 26.3 Å². The molecule has 0 spiro atoms. The largest absolute Gasteiger partial charge is 0.346 e. The van der Waals surface area contributed by atoms with Crippen molar-refractivity contribution >= 4 is 16.9 Å². The van der Waals surface area contributed by atoms with E-state index >= 15 is 0 Å². The number of carbonyl (C=O) groups excluding carboxylic acids is 1. The standard InChI is InChI=1S/C19H20N4O3/c24-19(20-10-13-5-6-15-12-22-23-17(15)9-13)21-11-14-3-1-2-4-16(14)18-25-7-8-26-18/h1-6,9,12,18H,7-8,10-11H2,(H,22,23)(H2,20,21,24). The number of amides is 2. The molecule has 7 nitrogen and oxygen atoms in total. The van der Waals surface area contributed by atoms with Gasteiger partial charge in [0.05, 0.1) is 24.9 Å². The number of ether oxygens (including phenoxy) is 2. The van der Waals surface area contributed by atoms with E-state index in [9.17, 15) is 4.79 Å². The Morgan fingerprint density at radius 2 is 1.92 bits per heavy atom.